The molecule has 0 bridgehead atoms. The molecule has 2 rings (SSSR count). The molecule has 90 valence electrons. The predicted octanol–water partition coefficient (Wildman–Crippen LogP) is 5.90. The Morgan fingerprint density at radius 3 is 1.31 bits per heavy atom. The zero-order chi connectivity index (χ0) is 11.4. The second-order valence-electron chi connectivity index (χ2n) is 4.89. The maximum Gasteiger partial charge on any atom is 0.0216 e. The van der Waals surface area contributed by atoms with E-state index in [1.165, 1.54) is 49.7 Å². The Kier molecular flexibility index (Phi) is 4.79. The van der Waals surface area contributed by atoms with Crippen LogP contribution >= 0.6 is 23.2 Å². The highest BCUT2D eigenvalue weighted by molar-refractivity contribution is 6.32. The van der Waals surface area contributed by atoms with E-state index in [-0.39, 0.29) is 0 Å². The van der Waals surface area contributed by atoms with Crippen LogP contribution in [0, 0.1) is 0 Å². The van der Waals surface area contributed by atoms with Gasteiger partial charge in [0.1, 0.15) is 0 Å². The summed E-state index contributed by atoms with van der Waals surface area (Å²) in [6, 6.07) is 0. The first kappa shape index (κ1) is 12.5. The molecule has 0 N–H and O–H groups in total. The Labute approximate surface area is 109 Å². The van der Waals surface area contributed by atoms with Crippen LogP contribution in [0.4, 0.5) is 0 Å². The zero-order valence-corrected chi connectivity index (χ0v) is 11.3. The topological polar surface area (TPSA) is 0 Å². The van der Waals surface area contributed by atoms with E-state index in [1.807, 2.05) is 0 Å². The SMILES string of the molecule is ClC1=C(C2=C(Cl)CCCCC2)CCCCC1. The Morgan fingerprint density at radius 1 is 0.500 bits per heavy atom. The van der Waals surface area contributed by atoms with Crippen LogP contribution in [0.3, 0.4) is 0 Å². The van der Waals surface area contributed by atoms with Gasteiger partial charge in [0.05, 0.1) is 0 Å². The molecule has 0 aliphatic heterocycles. The summed E-state index contributed by atoms with van der Waals surface area (Å²) >= 11 is 12.9. The lowest BCUT2D eigenvalue weighted by atomic mass is 9.97. The van der Waals surface area contributed by atoms with Crippen LogP contribution in [0.15, 0.2) is 21.2 Å². The Morgan fingerprint density at radius 2 is 0.875 bits per heavy atom. The summed E-state index contributed by atoms with van der Waals surface area (Å²) in [4.78, 5) is 0. The molecule has 0 saturated heterocycles. The largest absolute Gasteiger partial charge is 0.0888 e. The molecule has 0 aromatic heterocycles. The van der Waals surface area contributed by atoms with E-state index in [0.717, 1.165) is 35.7 Å². The van der Waals surface area contributed by atoms with E-state index >= 15 is 0 Å². The van der Waals surface area contributed by atoms with Crippen molar-refractivity contribution in [1.29, 1.82) is 0 Å². The van der Waals surface area contributed by atoms with Gasteiger partial charge >= 0.3 is 0 Å². The van der Waals surface area contributed by atoms with Gasteiger partial charge in [0.2, 0.25) is 0 Å². The van der Waals surface area contributed by atoms with Crippen LogP contribution in [0.2, 0.25) is 0 Å². The van der Waals surface area contributed by atoms with Gasteiger partial charge < -0.3 is 0 Å². The molecule has 0 spiro atoms. The molecule has 0 nitrogen and oxygen atoms in total. The lowest BCUT2D eigenvalue weighted by Gasteiger charge is -2.13. The minimum absolute atomic E-state index is 1.06. The fourth-order valence-corrected chi connectivity index (χ4v) is 3.40. The zero-order valence-electron chi connectivity index (χ0n) is 9.83. The number of rotatable bonds is 1. The summed E-state index contributed by atoms with van der Waals surface area (Å²) in [5.41, 5.74) is 2.79. The normalized spacial score (nSPS) is 24.4. The van der Waals surface area contributed by atoms with Gasteiger partial charge in [0, 0.05) is 10.1 Å². The summed E-state index contributed by atoms with van der Waals surface area (Å²) in [6.45, 7) is 0. The molecule has 0 radical (unpaired) electrons. The number of hydrogen-bond acceptors (Lipinski definition) is 0. The van der Waals surface area contributed by atoms with Crippen LogP contribution < -0.4 is 0 Å². The van der Waals surface area contributed by atoms with E-state index in [0.29, 0.717) is 0 Å². The third kappa shape index (κ3) is 3.05. The van der Waals surface area contributed by atoms with Crippen molar-refractivity contribution in [2.24, 2.45) is 0 Å². The fraction of sp³-hybridized carbons (Fsp3) is 0.714. The van der Waals surface area contributed by atoms with Crippen molar-refractivity contribution in [1.82, 2.24) is 0 Å². The minimum Gasteiger partial charge on any atom is -0.0888 e. The van der Waals surface area contributed by atoms with Crippen LogP contribution in [0.5, 0.6) is 0 Å². The van der Waals surface area contributed by atoms with E-state index in [1.54, 1.807) is 0 Å². The molecule has 0 heterocycles. The summed E-state index contributed by atoms with van der Waals surface area (Å²) in [7, 11) is 0. The molecular formula is C14H20Cl2. The Hall–Kier alpha value is 0.0600. The van der Waals surface area contributed by atoms with Crippen molar-refractivity contribution in [3.05, 3.63) is 21.2 Å². The van der Waals surface area contributed by atoms with Crippen LogP contribution in [0.1, 0.15) is 64.2 Å². The van der Waals surface area contributed by atoms with Gasteiger partial charge in [-0.1, -0.05) is 36.0 Å². The van der Waals surface area contributed by atoms with Crippen molar-refractivity contribution in [2.75, 3.05) is 0 Å². The summed E-state index contributed by atoms with van der Waals surface area (Å²) in [5.74, 6) is 0. The quantitative estimate of drug-likeness (QED) is 0.550. The highest BCUT2D eigenvalue weighted by atomic mass is 35.5. The molecule has 0 unspecified atom stereocenters. The molecule has 2 aliphatic rings. The second kappa shape index (κ2) is 6.12. The van der Waals surface area contributed by atoms with E-state index in [2.05, 4.69) is 0 Å². The predicted molar refractivity (Wildman–Crippen MR) is 71.9 cm³/mol. The second-order valence-corrected chi connectivity index (χ2v) is 5.80. The third-order valence-corrected chi connectivity index (χ3v) is 4.50. The Balaban J connectivity index is 2.26. The van der Waals surface area contributed by atoms with Gasteiger partial charge in [-0.15, -0.1) is 0 Å². The highest BCUT2D eigenvalue weighted by Gasteiger charge is 2.18. The molecule has 0 atom stereocenters. The summed E-state index contributed by atoms with van der Waals surface area (Å²) < 4.78 is 0. The standard InChI is InChI=1S/C14H20Cl2/c15-13-9-5-1-3-7-11(13)12-8-4-2-6-10-14(12)16/h1-10H2. The third-order valence-electron chi connectivity index (χ3n) is 3.67. The van der Waals surface area contributed by atoms with Crippen LogP contribution in [-0.2, 0) is 0 Å². The average Bonchev–Trinajstić information content (AvgIpc) is 2.59. The molecule has 0 fully saturated rings. The maximum absolute atomic E-state index is 6.43. The van der Waals surface area contributed by atoms with E-state index in [9.17, 15) is 0 Å². The van der Waals surface area contributed by atoms with E-state index < -0.39 is 0 Å². The van der Waals surface area contributed by atoms with Gasteiger partial charge in [-0.25, -0.2) is 0 Å². The van der Waals surface area contributed by atoms with Gasteiger partial charge in [-0.05, 0) is 62.5 Å². The minimum atomic E-state index is 1.06. The highest BCUT2D eigenvalue weighted by Crippen LogP contribution is 2.38. The van der Waals surface area contributed by atoms with Gasteiger partial charge in [0.15, 0.2) is 0 Å². The monoisotopic (exact) mass is 258 g/mol. The molecule has 0 aromatic rings. The van der Waals surface area contributed by atoms with Crippen molar-refractivity contribution in [3.8, 4) is 0 Å². The molecular weight excluding hydrogens is 239 g/mol. The van der Waals surface area contributed by atoms with Crippen LogP contribution in [0.25, 0.3) is 0 Å². The molecule has 16 heavy (non-hydrogen) atoms. The Bertz CT molecular complexity index is 281. The molecule has 0 saturated carbocycles. The van der Waals surface area contributed by atoms with Crippen molar-refractivity contribution in [3.63, 3.8) is 0 Å². The molecule has 0 amide bonds. The average molecular weight is 259 g/mol. The maximum atomic E-state index is 6.43. The summed E-state index contributed by atoms with van der Waals surface area (Å²) in [6.07, 6.45) is 12.1. The van der Waals surface area contributed by atoms with Crippen molar-refractivity contribution in [2.45, 2.75) is 64.2 Å². The molecule has 0 aromatic carbocycles. The van der Waals surface area contributed by atoms with Crippen molar-refractivity contribution < 1.29 is 0 Å². The number of halogens is 2. The molecule has 2 heteroatoms. The van der Waals surface area contributed by atoms with Crippen LogP contribution in [-0.4, -0.2) is 0 Å². The lowest BCUT2D eigenvalue weighted by Crippen LogP contribution is -1.94. The van der Waals surface area contributed by atoms with E-state index in [4.69, 9.17) is 23.2 Å². The lowest BCUT2D eigenvalue weighted by molar-refractivity contribution is 0.699. The smallest absolute Gasteiger partial charge is 0.0216 e. The first-order chi connectivity index (χ1) is 7.79. The van der Waals surface area contributed by atoms with Gasteiger partial charge in [-0.2, -0.15) is 0 Å². The van der Waals surface area contributed by atoms with Gasteiger partial charge in [0.25, 0.3) is 0 Å². The van der Waals surface area contributed by atoms with Crippen molar-refractivity contribution >= 4 is 23.2 Å². The molecule has 2 aliphatic carbocycles. The first-order valence-electron chi connectivity index (χ1n) is 6.54. The fourth-order valence-electron chi connectivity index (χ4n) is 2.72. The van der Waals surface area contributed by atoms with Gasteiger partial charge in [-0.3, -0.25) is 0 Å². The summed E-state index contributed by atoms with van der Waals surface area (Å²) in [5, 5.41) is 2.18. The first-order valence-corrected chi connectivity index (χ1v) is 7.30. The number of allylic oxidation sites excluding steroid dienone is 4. The number of hydrogen-bond donors (Lipinski definition) is 0.